The van der Waals surface area contributed by atoms with Crippen LogP contribution in [0.4, 0.5) is 4.79 Å². The summed E-state index contributed by atoms with van der Waals surface area (Å²) in [5.41, 5.74) is 5.41. The molecule has 0 saturated carbocycles. The molecule has 0 atom stereocenters. The van der Waals surface area contributed by atoms with Crippen molar-refractivity contribution in [3.8, 4) is 0 Å². The van der Waals surface area contributed by atoms with Gasteiger partial charge in [0.05, 0.1) is 5.71 Å². The number of hydrogen-bond acceptors (Lipinski definition) is 4. The van der Waals surface area contributed by atoms with E-state index in [1.54, 1.807) is 24.2 Å². The van der Waals surface area contributed by atoms with E-state index < -0.39 is 0 Å². The van der Waals surface area contributed by atoms with E-state index in [1.807, 2.05) is 45.0 Å². The lowest BCUT2D eigenvalue weighted by molar-refractivity contribution is 0.244. The molecular weight excluding hydrogens is 508 g/mol. The van der Waals surface area contributed by atoms with Crippen LogP contribution in [0.2, 0.25) is 0 Å². The van der Waals surface area contributed by atoms with Gasteiger partial charge in [-0.1, -0.05) is 78.5 Å². The van der Waals surface area contributed by atoms with Crippen molar-refractivity contribution in [1.29, 1.82) is 0 Å². The minimum atomic E-state index is -0.258. The zero-order valence-corrected chi connectivity index (χ0v) is 22.0. The van der Waals surface area contributed by atoms with E-state index in [1.165, 1.54) is 16.7 Å². The molecule has 0 aliphatic carbocycles. The van der Waals surface area contributed by atoms with Gasteiger partial charge in [0.15, 0.2) is 0 Å². The number of amides is 2. The summed E-state index contributed by atoms with van der Waals surface area (Å²) in [4.78, 5) is 20.8. The van der Waals surface area contributed by atoms with Crippen molar-refractivity contribution in [2.75, 3.05) is 0 Å². The first-order valence-electron chi connectivity index (χ1n) is 10.9. The Bertz CT molecular complexity index is 1150. The Morgan fingerprint density at radius 1 is 1.09 bits per heavy atom. The molecule has 0 spiro atoms. The van der Waals surface area contributed by atoms with Gasteiger partial charge in [0, 0.05) is 45.1 Å². The second kappa shape index (κ2) is 14.9. The lowest BCUT2D eigenvalue weighted by Crippen LogP contribution is -2.31. The van der Waals surface area contributed by atoms with Crippen LogP contribution in [0.25, 0.3) is 0 Å². The lowest BCUT2D eigenvalue weighted by atomic mass is 10.0. The number of rotatable bonds is 4. The van der Waals surface area contributed by atoms with E-state index in [2.05, 4.69) is 79.9 Å². The summed E-state index contributed by atoms with van der Waals surface area (Å²) in [6.07, 6.45) is 4.70. The molecule has 2 aromatic carbocycles. The number of fused-ring (bicyclic) bond motifs is 1. The second-order valence-electron chi connectivity index (χ2n) is 6.73. The molecule has 0 unspecified atom stereocenters. The fourth-order valence-corrected chi connectivity index (χ4v) is 4.06. The third-order valence-corrected chi connectivity index (χ3v) is 5.88. The van der Waals surface area contributed by atoms with Gasteiger partial charge in [0.25, 0.3) is 0 Å². The van der Waals surface area contributed by atoms with Gasteiger partial charge < -0.3 is 10.6 Å². The summed E-state index contributed by atoms with van der Waals surface area (Å²) in [5.74, 6) is 0. The highest BCUT2D eigenvalue weighted by Gasteiger charge is 2.14. The van der Waals surface area contributed by atoms with Gasteiger partial charge in [-0.3, -0.25) is 9.98 Å². The molecule has 1 aromatic heterocycles. The number of nitrogens with zero attached hydrogens (tertiary/aromatic N) is 2. The standard InChI is InChI=1S/C16H12BrNS.C9H11N3O.C2H6/c1-11-10-19-15-8-3-2-7-14(15)16(18-11)12-5-4-6-13(17)9-12;1-2-11-9(13)12-7-8-3-5-10-6-4-8;1-2/h2-10H,1H3;2-6H,1,7H2,(H2,11,12,13);1-2H3. The number of aliphatic imine (C=N–C) groups is 1. The van der Waals surface area contributed by atoms with Crippen molar-refractivity contribution >= 4 is 39.4 Å². The molecule has 176 valence electrons. The Kier molecular flexibility index (Phi) is 11.9. The van der Waals surface area contributed by atoms with Crippen molar-refractivity contribution in [2.45, 2.75) is 32.2 Å². The molecule has 0 bridgehead atoms. The maximum Gasteiger partial charge on any atom is 0.319 e. The quantitative estimate of drug-likeness (QED) is 0.367. The van der Waals surface area contributed by atoms with Gasteiger partial charge in [-0.25, -0.2) is 4.79 Å². The molecule has 2 N–H and O–H groups in total. The Balaban J connectivity index is 0.000000239. The maximum atomic E-state index is 10.9. The predicted octanol–water partition coefficient (Wildman–Crippen LogP) is 7.30. The fourth-order valence-electron chi connectivity index (χ4n) is 2.86. The van der Waals surface area contributed by atoms with Crippen molar-refractivity contribution in [3.63, 3.8) is 0 Å². The van der Waals surface area contributed by atoms with Crippen LogP contribution in [-0.4, -0.2) is 16.7 Å². The molecule has 7 heteroatoms. The highest BCUT2D eigenvalue weighted by molar-refractivity contribution is 9.10. The van der Waals surface area contributed by atoms with Crippen LogP contribution in [0.15, 0.2) is 111 Å². The molecule has 0 radical (unpaired) electrons. The molecule has 34 heavy (non-hydrogen) atoms. The molecule has 5 nitrogen and oxygen atoms in total. The van der Waals surface area contributed by atoms with Gasteiger partial charge in [-0.2, -0.15) is 0 Å². The molecule has 2 heterocycles. The Labute approximate surface area is 214 Å². The second-order valence-corrected chi connectivity index (χ2v) is 8.56. The minimum absolute atomic E-state index is 0.258. The van der Waals surface area contributed by atoms with Gasteiger partial charge >= 0.3 is 6.03 Å². The topological polar surface area (TPSA) is 66.4 Å². The molecule has 0 fully saturated rings. The normalized spacial score (nSPS) is 11.5. The summed E-state index contributed by atoms with van der Waals surface area (Å²) in [6.45, 7) is 9.90. The van der Waals surface area contributed by atoms with Crippen LogP contribution < -0.4 is 10.6 Å². The first kappa shape index (κ1) is 27.1. The highest BCUT2D eigenvalue weighted by Crippen LogP contribution is 2.31. The number of allylic oxidation sites excluding steroid dienone is 1. The lowest BCUT2D eigenvalue weighted by Gasteiger charge is -2.09. The molecular formula is C27H29BrN4OS. The number of halogens is 1. The monoisotopic (exact) mass is 536 g/mol. The number of nitrogens with one attached hydrogen (secondary N) is 2. The summed E-state index contributed by atoms with van der Waals surface area (Å²) >= 11 is 5.26. The molecule has 1 aliphatic heterocycles. The SMILES string of the molecule is C=CNC(=O)NCc1ccncc1.CC.CC1=CSc2ccccc2C(c2cccc(Br)c2)=N1. The Morgan fingerprint density at radius 3 is 2.53 bits per heavy atom. The maximum absolute atomic E-state index is 10.9. The number of carbonyl (C=O) groups is 1. The number of benzene rings is 2. The summed E-state index contributed by atoms with van der Waals surface area (Å²) in [7, 11) is 0. The summed E-state index contributed by atoms with van der Waals surface area (Å²) in [5, 5.41) is 7.17. The number of hydrogen-bond donors (Lipinski definition) is 2. The number of carbonyl (C=O) groups excluding carboxylic acids is 1. The molecule has 4 rings (SSSR count). The first-order chi connectivity index (χ1) is 16.6. The molecule has 3 aromatic rings. The van der Waals surface area contributed by atoms with Crippen molar-refractivity contribution < 1.29 is 4.79 Å². The molecule has 1 aliphatic rings. The van der Waals surface area contributed by atoms with E-state index >= 15 is 0 Å². The van der Waals surface area contributed by atoms with Crippen LogP contribution in [0.3, 0.4) is 0 Å². The molecule has 2 amide bonds. The van der Waals surface area contributed by atoms with Crippen LogP contribution >= 0.6 is 27.7 Å². The number of aromatic nitrogens is 1. The average molecular weight is 538 g/mol. The Morgan fingerprint density at radius 2 is 1.82 bits per heavy atom. The van der Waals surface area contributed by atoms with Gasteiger partial charge in [-0.05, 0) is 54.4 Å². The van der Waals surface area contributed by atoms with Crippen LogP contribution in [0.1, 0.15) is 37.5 Å². The van der Waals surface area contributed by atoms with Crippen LogP contribution in [0, 0.1) is 0 Å². The van der Waals surface area contributed by atoms with Crippen molar-refractivity contribution in [2.24, 2.45) is 4.99 Å². The highest BCUT2D eigenvalue weighted by atomic mass is 79.9. The number of pyridine rings is 1. The van der Waals surface area contributed by atoms with E-state index in [-0.39, 0.29) is 6.03 Å². The predicted molar refractivity (Wildman–Crippen MR) is 147 cm³/mol. The van der Waals surface area contributed by atoms with Gasteiger partial charge in [0.2, 0.25) is 0 Å². The molecule has 0 saturated heterocycles. The zero-order chi connectivity index (χ0) is 24.8. The van der Waals surface area contributed by atoms with Crippen LogP contribution in [0.5, 0.6) is 0 Å². The van der Waals surface area contributed by atoms with E-state index in [9.17, 15) is 4.79 Å². The minimum Gasteiger partial charge on any atom is -0.334 e. The van der Waals surface area contributed by atoms with Crippen molar-refractivity contribution in [3.05, 3.63) is 118 Å². The van der Waals surface area contributed by atoms with Crippen LogP contribution in [-0.2, 0) is 6.54 Å². The van der Waals surface area contributed by atoms with Gasteiger partial charge in [-0.15, -0.1) is 0 Å². The average Bonchev–Trinajstić information content (AvgIpc) is 3.04. The fraction of sp³-hybridized carbons (Fsp3) is 0.148. The van der Waals surface area contributed by atoms with E-state index in [4.69, 9.17) is 4.99 Å². The third-order valence-electron chi connectivity index (χ3n) is 4.32. The number of thioether (sulfide) groups is 1. The Hall–Kier alpha value is -3.16. The first-order valence-corrected chi connectivity index (χ1v) is 12.6. The van der Waals surface area contributed by atoms with E-state index in [0.717, 1.165) is 27.0 Å². The summed E-state index contributed by atoms with van der Waals surface area (Å²) in [6, 6.07) is 20.1. The smallest absolute Gasteiger partial charge is 0.319 e. The van der Waals surface area contributed by atoms with Gasteiger partial charge in [0.1, 0.15) is 0 Å². The van der Waals surface area contributed by atoms with E-state index in [0.29, 0.717) is 6.54 Å². The summed E-state index contributed by atoms with van der Waals surface area (Å²) < 4.78 is 1.07. The number of urea groups is 1. The third kappa shape index (κ3) is 8.65. The zero-order valence-electron chi connectivity index (χ0n) is 19.6. The van der Waals surface area contributed by atoms with Crippen molar-refractivity contribution in [1.82, 2.24) is 15.6 Å². The largest absolute Gasteiger partial charge is 0.334 e.